The summed E-state index contributed by atoms with van der Waals surface area (Å²) in [7, 11) is -2.40. The van der Waals surface area contributed by atoms with Crippen molar-refractivity contribution in [1.82, 2.24) is 9.21 Å². The highest BCUT2D eigenvalue weighted by molar-refractivity contribution is 7.91. The second-order valence-corrected chi connectivity index (χ2v) is 11.1. The molecular formula is C21H21ClN4O3S2. The topological polar surface area (TPSA) is 108 Å². The number of hydrogen-bond acceptors (Lipinski definition) is 5. The van der Waals surface area contributed by atoms with Crippen LogP contribution in [0.1, 0.15) is 17.5 Å². The van der Waals surface area contributed by atoms with Crippen molar-refractivity contribution in [3.05, 3.63) is 64.7 Å². The van der Waals surface area contributed by atoms with Crippen molar-refractivity contribution in [2.45, 2.75) is 23.2 Å². The van der Waals surface area contributed by atoms with Crippen LogP contribution in [0.3, 0.4) is 0 Å². The number of nitrogens with two attached hydrogens (primary N) is 1. The van der Waals surface area contributed by atoms with Crippen molar-refractivity contribution in [2.24, 2.45) is 5.73 Å². The van der Waals surface area contributed by atoms with Crippen LogP contribution in [-0.2, 0) is 21.4 Å². The first kappa shape index (κ1) is 21.8. The SMILES string of the molecule is CN(C1CCN(Cc2cccc(C(=N)N)c2)C1=O)S(=O)(=O)c1cc2c(Cl)cccc2s1. The lowest BCUT2D eigenvalue weighted by Gasteiger charge is -2.23. The van der Waals surface area contributed by atoms with Crippen LogP contribution in [0.25, 0.3) is 10.1 Å². The number of halogens is 1. The lowest BCUT2D eigenvalue weighted by atomic mass is 10.1. The minimum atomic E-state index is -3.85. The third kappa shape index (κ3) is 4.06. The normalized spacial score (nSPS) is 17.1. The highest BCUT2D eigenvalue weighted by atomic mass is 35.5. The number of hydrogen-bond donors (Lipinski definition) is 2. The molecule has 0 bridgehead atoms. The van der Waals surface area contributed by atoms with Crippen LogP contribution in [0.2, 0.25) is 5.02 Å². The third-order valence-electron chi connectivity index (χ3n) is 5.44. The Morgan fingerprint density at radius 1 is 1.29 bits per heavy atom. The predicted octanol–water partition coefficient (Wildman–Crippen LogP) is 3.26. The number of nitrogens with one attached hydrogen (secondary N) is 1. The van der Waals surface area contributed by atoms with Gasteiger partial charge in [0.15, 0.2) is 0 Å². The first-order valence-corrected chi connectivity index (χ1v) is 12.2. The maximum Gasteiger partial charge on any atom is 0.253 e. The molecule has 1 aliphatic rings. The van der Waals surface area contributed by atoms with Gasteiger partial charge >= 0.3 is 0 Å². The molecule has 4 rings (SSSR count). The maximum absolute atomic E-state index is 13.2. The molecule has 1 unspecified atom stereocenters. The van der Waals surface area contributed by atoms with Crippen LogP contribution < -0.4 is 5.73 Å². The minimum Gasteiger partial charge on any atom is -0.384 e. The van der Waals surface area contributed by atoms with Crippen molar-refractivity contribution >= 4 is 54.8 Å². The lowest BCUT2D eigenvalue weighted by molar-refractivity contribution is -0.131. The summed E-state index contributed by atoms with van der Waals surface area (Å²) in [6, 6.07) is 13.3. The number of nitrogens with zero attached hydrogens (tertiary/aromatic N) is 2. The molecule has 1 amide bonds. The van der Waals surface area contributed by atoms with Gasteiger partial charge in [-0.1, -0.05) is 35.9 Å². The van der Waals surface area contributed by atoms with E-state index in [1.807, 2.05) is 12.1 Å². The number of sulfonamides is 1. The summed E-state index contributed by atoms with van der Waals surface area (Å²) < 4.78 is 28.5. The summed E-state index contributed by atoms with van der Waals surface area (Å²) in [6.07, 6.45) is 0.409. The van der Waals surface area contributed by atoms with Gasteiger partial charge in [0, 0.05) is 40.8 Å². The van der Waals surface area contributed by atoms with Crippen LogP contribution in [-0.4, -0.2) is 49.0 Å². The Morgan fingerprint density at radius 3 is 2.74 bits per heavy atom. The fourth-order valence-corrected chi connectivity index (χ4v) is 6.94. The van der Waals surface area contributed by atoms with Crippen LogP contribution >= 0.6 is 22.9 Å². The highest BCUT2D eigenvalue weighted by Gasteiger charge is 2.40. The van der Waals surface area contributed by atoms with E-state index in [1.165, 1.54) is 11.4 Å². The predicted molar refractivity (Wildman–Crippen MR) is 123 cm³/mol. The summed E-state index contributed by atoms with van der Waals surface area (Å²) in [6.45, 7) is 0.786. The number of thiophene rings is 1. The Kier molecular flexibility index (Phi) is 5.78. The number of benzene rings is 2. The Bertz CT molecular complexity index is 1290. The number of rotatable bonds is 6. The van der Waals surface area contributed by atoms with Gasteiger partial charge in [0.1, 0.15) is 16.1 Å². The molecule has 0 aliphatic carbocycles. The molecule has 1 saturated heterocycles. The highest BCUT2D eigenvalue weighted by Crippen LogP contribution is 2.35. The second kappa shape index (κ2) is 8.23. The molecule has 162 valence electrons. The van der Waals surface area contributed by atoms with Crippen LogP contribution in [0.4, 0.5) is 0 Å². The average molecular weight is 477 g/mol. The fraction of sp³-hybridized carbons (Fsp3) is 0.238. The van der Waals surface area contributed by atoms with E-state index in [0.717, 1.165) is 21.6 Å². The molecule has 7 nitrogen and oxygen atoms in total. The molecule has 1 atom stereocenters. The molecule has 1 aliphatic heterocycles. The molecule has 0 radical (unpaired) electrons. The van der Waals surface area contributed by atoms with Crippen LogP contribution in [0.5, 0.6) is 0 Å². The number of fused-ring (bicyclic) bond motifs is 1. The number of likely N-dealkylation sites (N-methyl/N-ethyl adjacent to an activating group) is 1. The zero-order valence-electron chi connectivity index (χ0n) is 16.7. The number of nitrogen functional groups attached to an aromatic ring is 1. The van der Waals surface area contributed by atoms with Gasteiger partial charge in [-0.3, -0.25) is 10.2 Å². The first-order valence-electron chi connectivity index (χ1n) is 9.56. The Balaban J connectivity index is 1.54. The zero-order valence-corrected chi connectivity index (χ0v) is 19.1. The van der Waals surface area contributed by atoms with Gasteiger partial charge in [0.05, 0.1) is 0 Å². The van der Waals surface area contributed by atoms with Crippen molar-refractivity contribution in [3.8, 4) is 0 Å². The number of carbonyl (C=O) groups is 1. The van der Waals surface area contributed by atoms with Gasteiger partial charge in [-0.15, -0.1) is 11.3 Å². The average Bonchev–Trinajstić information content (AvgIpc) is 3.33. The standard InChI is InChI=1S/C21H21ClN4O3S2/c1-25(31(28,29)19-11-15-16(22)6-3-7-18(15)30-19)17-8-9-26(21(17)27)12-13-4-2-5-14(10-13)20(23)24/h2-7,10-11,17H,8-9,12H2,1H3,(H3,23,24). The maximum atomic E-state index is 13.2. The minimum absolute atomic E-state index is 0.0401. The van der Waals surface area contributed by atoms with Crippen molar-refractivity contribution in [2.75, 3.05) is 13.6 Å². The van der Waals surface area contributed by atoms with Crippen molar-refractivity contribution in [3.63, 3.8) is 0 Å². The molecule has 1 aromatic heterocycles. The molecule has 0 saturated carbocycles. The summed E-state index contributed by atoms with van der Waals surface area (Å²) >= 11 is 7.34. The molecular weight excluding hydrogens is 456 g/mol. The third-order valence-corrected chi connectivity index (χ3v) is 9.18. The number of carbonyl (C=O) groups excluding carboxylic acids is 1. The number of amides is 1. The lowest BCUT2D eigenvalue weighted by Crippen LogP contribution is -2.42. The van der Waals surface area contributed by atoms with E-state index in [2.05, 4.69) is 0 Å². The first-order chi connectivity index (χ1) is 14.7. The van der Waals surface area contributed by atoms with E-state index in [1.54, 1.807) is 41.3 Å². The van der Waals surface area contributed by atoms with Gasteiger partial charge in [0.2, 0.25) is 5.91 Å². The van der Waals surface area contributed by atoms with E-state index in [0.29, 0.717) is 35.5 Å². The van der Waals surface area contributed by atoms with Gasteiger partial charge < -0.3 is 10.6 Å². The Hall–Kier alpha value is -2.46. The van der Waals surface area contributed by atoms with Crippen LogP contribution in [0, 0.1) is 5.41 Å². The molecule has 10 heteroatoms. The smallest absolute Gasteiger partial charge is 0.253 e. The molecule has 2 aromatic carbocycles. The van der Waals surface area contributed by atoms with Gasteiger partial charge in [-0.2, -0.15) is 4.31 Å². The quantitative estimate of drug-likeness (QED) is 0.420. The molecule has 3 N–H and O–H groups in total. The zero-order chi connectivity index (χ0) is 22.3. The summed E-state index contributed by atoms with van der Waals surface area (Å²) in [5.41, 5.74) is 6.97. The van der Waals surface area contributed by atoms with E-state index < -0.39 is 16.1 Å². The monoisotopic (exact) mass is 476 g/mol. The fourth-order valence-electron chi connectivity index (χ4n) is 3.71. The Labute approximate surface area is 189 Å². The summed E-state index contributed by atoms with van der Waals surface area (Å²) in [5, 5.41) is 8.75. The molecule has 1 fully saturated rings. The van der Waals surface area contributed by atoms with E-state index in [4.69, 9.17) is 22.7 Å². The van der Waals surface area contributed by atoms with Crippen molar-refractivity contribution < 1.29 is 13.2 Å². The second-order valence-electron chi connectivity index (χ2n) is 7.42. The van der Waals surface area contributed by atoms with E-state index in [-0.39, 0.29) is 16.0 Å². The number of amidine groups is 1. The van der Waals surface area contributed by atoms with E-state index in [9.17, 15) is 13.2 Å². The summed E-state index contributed by atoms with van der Waals surface area (Å²) in [4.78, 5) is 14.6. The van der Waals surface area contributed by atoms with Crippen LogP contribution in [0.15, 0.2) is 52.7 Å². The largest absolute Gasteiger partial charge is 0.384 e. The number of likely N-dealkylation sites (tertiary alicyclic amines) is 1. The Morgan fingerprint density at radius 2 is 2.03 bits per heavy atom. The van der Waals surface area contributed by atoms with Gasteiger partial charge in [0.25, 0.3) is 10.0 Å². The molecule has 2 heterocycles. The molecule has 0 spiro atoms. The molecule has 3 aromatic rings. The molecule has 31 heavy (non-hydrogen) atoms. The summed E-state index contributed by atoms with van der Waals surface area (Å²) in [5.74, 6) is -0.278. The van der Waals surface area contributed by atoms with Gasteiger partial charge in [-0.25, -0.2) is 8.42 Å². The van der Waals surface area contributed by atoms with Gasteiger partial charge in [-0.05, 0) is 36.2 Å². The van der Waals surface area contributed by atoms with E-state index >= 15 is 0 Å². The van der Waals surface area contributed by atoms with Crippen molar-refractivity contribution in [1.29, 1.82) is 5.41 Å².